The van der Waals surface area contributed by atoms with Gasteiger partial charge in [-0.25, -0.2) is 11.1 Å². The molecule has 0 heterocycles. The minimum absolute atomic E-state index is 0. The fraction of sp³-hybridized carbons (Fsp3) is 0.556. The van der Waals surface area contributed by atoms with E-state index in [-0.39, 0.29) is 28.7 Å². The molecule has 0 radical (unpaired) electrons. The SMILES string of the molecule is CC1=[C-]C(C)C(C)=C1C.CC1=[C-]C(C)C(C)=C1C.[H-].[H-].[Hf+4]. The van der Waals surface area contributed by atoms with Gasteiger partial charge in [0.1, 0.15) is 0 Å². The predicted molar refractivity (Wildman–Crippen MR) is 82.2 cm³/mol. The van der Waals surface area contributed by atoms with Crippen molar-refractivity contribution < 1.29 is 28.7 Å². The predicted octanol–water partition coefficient (Wildman–Crippen LogP) is 5.67. The summed E-state index contributed by atoms with van der Waals surface area (Å²) in [6, 6.07) is 0. The van der Waals surface area contributed by atoms with E-state index in [2.05, 4.69) is 67.5 Å². The minimum atomic E-state index is 0. The zero-order valence-corrected chi connectivity index (χ0v) is 17.2. The summed E-state index contributed by atoms with van der Waals surface area (Å²) < 4.78 is 0. The molecule has 2 aliphatic carbocycles. The molecule has 0 amide bonds. The summed E-state index contributed by atoms with van der Waals surface area (Å²) in [5.74, 6) is 1.12. The molecule has 2 rings (SSSR count). The van der Waals surface area contributed by atoms with Gasteiger partial charge >= 0.3 is 25.8 Å². The zero-order chi connectivity index (χ0) is 14.0. The maximum atomic E-state index is 3.36. The van der Waals surface area contributed by atoms with Gasteiger partial charge < -0.3 is 2.85 Å². The number of hydrogen-bond acceptors (Lipinski definition) is 0. The molecule has 2 aliphatic rings. The Morgan fingerprint density at radius 1 is 0.684 bits per heavy atom. The molecule has 2 unspecified atom stereocenters. The van der Waals surface area contributed by atoms with Crippen LogP contribution in [0.3, 0.4) is 0 Å². The van der Waals surface area contributed by atoms with E-state index >= 15 is 0 Å². The second-order valence-electron chi connectivity index (χ2n) is 5.60. The Hall–Kier alpha value is -0.170. The maximum absolute atomic E-state index is 3.36. The normalized spacial score (nSPS) is 25.7. The van der Waals surface area contributed by atoms with Crippen molar-refractivity contribution in [3.63, 3.8) is 0 Å². The average Bonchev–Trinajstić information content (AvgIpc) is 2.66. The summed E-state index contributed by atoms with van der Waals surface area (Å²) in [6.07, 6.45) is 6.72. The van der Waals surface area contributed by atoms with Crippen LogP contribution >= 0.6 is 0 Å². The molecular weight excluding hydrogens is 395 g/mol. The van der Waals surface area contributed by atoms with Crippen LogP contribution in [-0.2, 0) is 25.8 Å². The van der Waals surface area contributed by atoms with Gasteiger partial charge in [-0.1, -0.05) is 53.4 Å². The summed E-state index contributed by atoms with van der Waals surface area (Å²) in [7, 11) is 0. The van der Waals surface area contributed by atoms with Crippen LogP contribution in [0.5, 0.6) is 0 Å². The van der Waals surface area contributed by atoms with E-state index in [1.165, 1.54) is 33.4 Å². The summed E-state index contributed by atoms with van der Waals surface area (Å²) in [5.41, 5.74) is 8.49. The van der Waals surface area contributed by atoms with Gasteiger partial charge in [-0.3, -0.25) is 12.2 Å². The molecule has 104 valence electrons. The second kappa shape index (κ2) is 7.57. The van der Waals surface area contributed by atoms with Crippen LogP contribution in [0.2, 0.25) is 0 Å². The standard InChI is InChI=1S/2C9H13.Hf.2H/c2*1-6-5-7(2)9(4)8(6)3;;;/h2*6H,1-4H3;;;/q2*-1;+4;2*-1. The van der Waals surface area contributed by atoms with Gasteiger partial charge in [0.15, 0.2) is 0 Å². The first kappa shape index (κ1) is 18.8. The molecule has 0 bridgehead atoms. The van der Waals surface area contributed by atoms with Crippen LogP contribution in [0, 0.1) is 24.0 Å². The van der Waals surface area contributed by atoms with E-state index in [9.17, 15) is 0 Å². The minimum Gasteiger partial charge on any atom is -1.00 e. The molecule has 0 saturated heterocycles. The van der Waals surface area contributed by atoms with Gasteiger partial charge in [-0.05, 0) is 0 Å². The summed E-state index contributed by atoms with van der Waals surface area (Å²) >= 11 is 0. The first-order valence-corrected chi connectivity index (χ1v) is 6.81. The fourth-order valence-electron chi connectivity index (χ4n) is 2.32. The van der Waals surface area contributed by atoms with Crippen molar-refractivity contribution in [2.75, 3.05) is 0 Å². The molecular formula is C18H28Hf. The molecule has 0 N–H and O–H groups in total. The Kier molecular flexibility index (Phi) is 7.50. The fourth-order valence-corrected chi connectivity index (χ4v) is 2.32. The Bertz CT molecular complexity index is 424. The van der Waals surface area contributed by atoms with E-state index in [0.29, 0.717) is 11.8 Å². The van der Waals surface area contributed by atoms with Crippen molar-refractivity contribution in [2.24, 2.45) is 11.8 Å². The molecule has 19 heavy (non-hydrogen) atoms. The van der Waals surface area contributed by atoms with Crippen molar-refractivity contribution in [3.8, 4) is 0 Å². The molecule has 0 spiro atoms. The molecule has 2 atom stereocenters. The molecule has 0 aliphatic heterocycles. The number of allylic oxidation sites excluding steroid dienone is 8. The average molecular weight is 423 g/mol. The summed E-state index contributed by atoms with van der Waals surface area (Å²) in [5, 5.41) is 0. The Balaban J connectivity index is -0.000000270. The quantitative estimate of drug-likeness (QED) is 0.348. The molecule has 0 saturated carbocycles. The third kappa shape index (κ3) is 4.41. The van der Waals surface area contributed by atoms with E-state index in [1.807, 2.05) is 0 Å². The molecule has 0 nitrogen and oxygen atoms in total. The number of hydrogen-bond donors (Lipinski definition) is 0. The van der Waals surface area contributed by atoms with E-state index in [0.717, 1.165) is 0 Å². The first-order valence-electron chi connectivity index (χ1n) is 6.81. The zero-order valence-electron chi connectivity index (χ0n) is 15.7. The van der Waals surface area contributed by atoms with Crippen molar-refractivity contribution >= 4 is 0 Å². The summed E-state index contributed by atoms with van der Waals surface area (Å²) in [4.78, 5) is 0. The van der Waals surface area contributed by atoms with E-state index in [4.69, 9.17) is 0 Å². The van der Waals surface area contributed by atoms with Gasteiger partial charge in [0.05, 0.1) is 0 Å². The maximum Gasteiger partial charge on any atom is 4.00 e. The van der Waals surface area contributed by atoms with Crippen LogP contribution in [0.4, 0.5) is 0 Å². The van der Waals surface area contributed by atoms with E-state index in [1.54, 1.807) is 0 Å². The largest absolute Gasteiger partial charge is 4.00 e. The summed E-state index contributed by atoms with van der Waals surface area (Å²) in [6.45, 7) is 17.3. The van der Waals surface area contributed by atoms with E-state index < -0.39 is 0 Å². The first-order chi connectivity index (χ1) is 8.25. The molecule has 0 fully saturated rings. The topological polar surface area (TPSA) is 0 Å². The van der Waals surface area contributed by atoms with Crippen LogP contribution in [-0.4, -0.2) is 0 Å². The van der Waals surface area contributed by atoms with Crippen molar-refractivity contribution in [3.05, 3.63) is 45.6 Å². The van der Waals surface area contributed by atoms with Crippen LogP contribution in [0.15, 0.2) is 33.4 Å². The van der Waals surface area contributed by atoms with Crippen molar-refractivity contribution in [1.29, 1.82) is 0 Å². The van der Waals surface area contributed by atoms with Gasteiger partial charge in [-0.2, -0.15) is 22.3 Å². The Morgan fingerprint density at radius 3 is 1.00 bits per heavy atom. The molecule has 0 aromatic rings. The van der Waals surface area contributed by atoms with Gasteiger partial charge in [-0.15, -0.1) is 13.8 Å². The molecule has 0 aromatic heterocycles. The number of rotatable bonds is 0. The third-order valence-electron chi connectivity index (χ3n) is 4.47. The Labute approximate surface area is 141 Å². The van der Waals surface area contributed by atoms with Crippen molar-refractivity contribution in [2.45, 2.75) is 55.4 Å². The van der Waals surface area contributed by atoms with Crippen LogP contribution in [0.25, 0.3) is 0 Å². The van der Waals surface area contributed by atoms with Crippen LogP contribution in [0.1, 0.15) is 58.2 Å². The second-order valence-corrected chi connectivity index (χ2v) is 5.60. The molecule has 1 heteroatoms. The smallest absolute Gasteiger partial charge is 1.00 e. The Morgan fingerprint density at radius 2 is 0.947 bits per heavy atom. The monoisotopic (exact) mass is 424 g/mol. The van der Waals surface area contributed by atoms with Gasteiger partial charge in [0.25, 0.3) is 0 Å². The van der Waals surface area contributed by atoms with Gasteiger partial charge in [0, 0.05) is 0 Å². The molecule has 0 aromatic carbocycles. The van der Waals surface area contributed by atoms with Crippen LogP contribution < -0.4 is 0 Å². The third-order valence-corrected chi connectivity index (χ3v) is 4.47. The van der Waals surface area contributed by atoms with Crippen molar-refractivity contribution in [1.82, 2.24) is 0 Å². The van der Waals surface area contributed by atoms with Gasteiger partial charge in [0.2, 0.25) is 0 Å².